The highest BCUT2D eigenvalue weighted by atomic mass is 79.9. The van der Waals surface area contributed by atoms with Crippen molar-refractivity contribution in [3.63, 3.8) is 0 Å². The van der Waals surface area contributed by atoms with Gasteiger partial charge in [0.2, 0.25) is 15.9 Å². The van der Waals surface area contributed by atoms with Gasteiger partial charge in [-0.1, -0.05) is 12.1 Å². The quantitative estimate of drug-likeness (QED) is 0.677. The Balaban J connectivity index is 2.72. The molecular formula is C14H22BrN3O3S. The molecule has 0 atom stereocenters. The molecule has 1 amide bonds. The number of nitrogens with zero attached hydrogens (tertiary/aromatic N) is 2. The van der Waals surface area contributed by atoms with Gasteiger partial charge in [0.25, 0.3) is 0 Å². The number of anilines is 1. The zero-order valence-electron chi connectivity index (χ0n) is 13.0. The van der Waals surface area contributed by atoms with Crippen LogP contribution in [-0.2, 0) is 14.8 Å². The fraction of sp³-hybridized carbons (Fsp3) is 0.500. The van der Waals surface area contributed by atoms with E-state index < -0.39 is 10.0 Å². The summed E-state index contributed by atoms with van der Waals surface area (Å²) in [5.74, 6) is -0.320. The SMILES string of the molecule is CN(C)CCCNC(=O)CN(c1ccccc1Br)S(C)(=O)=O. The monoisotopic (exact) mass is 391 g/mol. The van der Waals surface area contributed by atoms with Crippen LogP contribution in [0.3, 0.4) is 0 Å². The van der Waals surface area contributed by atoms with Crippen LogP contribution >= 0.6 is 15.9 Å². The van der Waals surface area contributed by atoms with Crippen LogP contribution in [0.1, 0.15) is 6.42 Å². The molecule has 0 aliphatic heterocycles. The molecule has 0 spiro atoms. The number of nitrogens with one attached hydrogen (secondary N) is 1. The normalized spacial score (nSPS) is 11.5. The highest BCUT2D eigenvalue weighted by molar-refractivity contribution is 9.10. The molecule has 1 aromatic rings. The van der Waals surface area contributed by atoms with E-state index in [1.165, 1.54) is 0 Å². The maximum atomic E-state index is 12.0. The summed E-state index contributed by atoms with van der Waals surface area (Å²) in [7, 11) is 0.372. The van der Waals surface area contributed by atoms with E-state index in [0.717, 1.165) is 23.5 Å². The third kappa shape index (κ3) is 6.33. The smallest absolute Gasteiger partial charge is 0.240 e. The summed E-state index contributed by atoms with van der Waals surface area (Å²) in [4.78, 5) is 14.0. The Hall–Kier alpha value is -1.12. The van der Waals surface area contributed by atoms with Crippen molar-refractivity contribution in [2.75, 3.05) is 44.3 Å². The van der Waals surface area contributed by atoms with Gasteiger partial charge >= 0.3 is 0 Å². The highest BCUT2D eigenvalue weighted by Gasteiger charge is 2.22. The first kappa shape index (κ1) is 18.9. The maximum absolute atomic E-state index is 12.0. The standard InChI is InChI=1S/C14H22BrN3O3S/c1-17(2)10-6-9-16-14(19)11-18(22(3,20)21)13-8-5-4-7-12(13)15/h4-5,7-8H,6,9-11H2,1-3H3,(H,16,19). The van der Waals surface area contributed by atoms with Crippen molar-refractivity contribution in [1.29, 1.82) is 0 Å². The number of para-hydroxylation sites is 1. The van der Waals surface area contributed by atoms with Gasteiger partial charge in [-0.15, -0.1) is 0 Å². The van der Waals surface area contributed by atoms with Crippen molar-refractivity contribution in [1.82, 2.24) is 10.2 Å². The zero-order chi connectivity index (χ0) is 16.8. The molecule has 1 aromatic carbocycles. The lowest BCUT2D eigenvalue weighted by molar-refractivity contribution is -0.119. The molecule has 124 valence electrons. The molecule has 0 saturated heterocycles. The average molecular weight is 392 g/mol. The van der Waals surface area contributed by atoms with E-state index in [2.05, 4.69) is 21.2 Å². The number of benzene rings is 1. The predicted molar refractivity (Wildman–Crippen MR) is 92.5 cm³/mol. The highest BCUT2D eigenvalue weighted by Crippen LogP contribution is 2.27. The van der Waals surface area contributed by atoms with E-state index in [4.69, 9.17) is 0 Å². The molecule has 8 heteroatoms. The summed E-state index contributed by atoms with van der Waals surface area (Å²) < 4.78 is 25.6. The Morgan fingerprint density at radius 2 is 1.91 bits per heavy atom. The van der Waals surface area contributed by atoms with Gasteiger partial charge in [-0.2, -0.15) is 0 Å². The molecular weight excluding hydrogens is 370 g/mol. The van der Waals surface area contributed by atoms with Crippen molar-refractivity contribution in [3.8, 4) is 0 Å². The van der Waals surface area contributed by atoms with Gasteiger partial charge in [-0.25, -0.2) is 8.42 Å². The third-order valence-corrected chi connectivity index (χ3v) is 4.71. The average Bonchev–Trinajstić information content (AvgIpc) is 2.40. The van der Waals surface area contributed by atoms with Crippen LogP contribution in [-0.4, -0.2) is 59.2 Å². The molecule has 1 rings (SSSR count). The third-order valence-electron chi connectivity index (χ3n) is 2.91. The second kappa shape index (κ2) is 8.50. The lowest BCUT2D eigenvalue weighted by atomic mass is 10.3. The van der Waals surface area contributed by atoms with Crippen molar-refractivity contribution in [2.45, 2.75) is 6.42 Å². The lowest BCUT2D eigenvalue weighted by Gasteiger charge is -2.23. The van der Waals surface area contributed by atoms with Gasteiger partial charge in [0, 0.05) is 11.0 Å². The number of hydrogen-bond acceptors (Lipinski definition) is 4. The molecule has 0 aromatic heterocycles. The van der Waals surface area contributed by atoms with E-state index in [1.807, 2.05) is 19.0 Å². The Morgan fingerprint density at radius 3 is 2.45 bits per heavy atom. The Bertz CT molecular complexity index is 605. The number of carbonyl (C=O) groups is 1. The largest absolute Gasteiger partial charge is 0.354 e. The van der Waals surface area contributed by atoms with Gasteiger partial charge < -0.3 is 10.2 Å². The van der Waals surface area contributed by atoms with Gasteiger partial charge in [0.15, 0.2) is 0 Å². The predicted octanol–water partition coefficient (Wildman–Crippen LogP) is 1.28. The number of halogens is 1. The second-order valence-electron chi connectivity index (χ2n) is 5.23. The van der Waals surface area contributed by atoms with Crippen LogP contribution in [0.4, 0.5) is 5.69 Å². The van der Waals surface area contributed by atoms with Crippen LogP contribution in [0.5, 0.6) is 0 Å². The van der Waals surface area contributed by atoms with Gasteiger partial charge in [0.05, 0.1) is 11.9 Å². The van der Waals surface area contributed by atoms with Crippen LogP contribution in [0, 0.1) is 0 Å². The summed E-state index contributed by atoms with van der Waals surface area (Å²) in [5, 5.41) is 2.74. The minimum absolute atomic E-state index is 0.233. The number of carbonyl (C=O) groups excluding carboxylic acids is 1. The van der Waals surface area contributed by atoms with Gasteiger partial charge in [0.1, 0.15) is 6.54 Å². The van der Waals surface area contributed by atoms with E-state index in [1.54, 1.807) is 24.3 Å². The molecule has 0 aliphatic carbocycles. The molecule has 0 saturated carbocycles. The van der Waals surface area contributed by atoms with Crippen molar-refractivity contribution in [3.05, 3.63) is 28.7 Å². The molecule has 22 heavy (non-hydrogen) atoms. The van der Waals surface area contributed by atoms with Crippen molar-refractivity contribution >= 4 is 37.5 Å². The van der Waals surface area contributed by atoms with Crippen LogP contribution in [0.25, 0.3) is 0 Å². The van der Waals surface area contributed by atoms with Crippen molar-refractivity contribution < 1.29 is 13.2 Å². The number of rotatable bonds is 8. The Labute approximate surface area is 140 Å². The van der Waals surface area contributed by atoms with E-state index in [0.29, 0.717) is 16.7 Å². The Morgan fingerprint density at radius 1 is 1.27 bits per heavy atom. The summed E-state index contributed by atoms with van der Waals surface area (Å²) in [5.41, 5.74) is 0.452. The van der Waals surface area contributed by atoms with E-state index in [9.17, 15) is 13.2 Å². The minimum Gasteiger partial charge on any atom is -0.354 e. The second-order valence-corrected chi connectivity index (χ2v) is 7.99. The van der Waals surface area contributed by atoms with Gasteiger partial charge in [-0.05, 0) is 55.1 Å². The first-order chi connectivity index (χ1) is 10.2. The minimum atomic E-state index is -3.55. The first-order valence-electron chi connectivity index (χ1n) is 6.85. The first-order valence-corrected chi connectivity index (χ1v) is 9.49. The van der Waals surface area contributed by atoms with Crippen LogP contribution in [0.15, 0.2) is 28.7 Å². The summed E-state index contributed by atoms with van der Waals surface area (Å²) >= 11 is 3.32. The summed E-state index contributed by atoms with van der Waals surface area (Å²) in [6, 6.07) is 6.91. The molecule has 0 aliphatic rings. The summed E-state index contributed by atoms with van der Waals surface area (Å²) in [6.07, 6.45) is 1.90. The number of hydrogen-bond donors (Lipinski definition) is 1. The lowest BCUT2D eigenvalue weighted by Crippen LogP contribution is -2.41. The molecule has 1 N–H and O–H groups in total. The Kier molecular flexibility index (Phi) is 7.31. The molecule has 0 fully saturated rings. The topological polar surface area (TPSA) is 69.7 Å². The van der Waals surface area contributed by atoms with E-state index >= 15 is 0 Å². The molecule has 6 nitrogen and oxygen atoms in total. The van der Waals surface area contributed by atoms with Gasteiger partial charge in [-0.3, -0.25) is 9.10 Å². The molecule has 0 unspecified atom stereocenters. The van der Waals surface area contributed by atoms with Crippen LogP contribution in [0.2, 0.25) is 0 Å². The fourth-order valence-electron chi connectivity index (χ4n) is 1.84. The maximum Gasteiger partial charge on any atom is 0.240 e. The van der Waals surface area contributed by atoms with Crippen molar-refractivity contribution in [2.24, 2.45) is 0 Å². The zero-order valence-corrected chi connectivity index (χ0v) is 15.4. The van der Waals surface area contributed by atoms with Crippen LogP contribution < -0.4 is 9.62 Å². The molecule has 0 radical (unpaired) electrons. The fourth-order valence-corrected chi connectivity index (χ4v) is 3.33. The number of sulfonamides is 1. The van der Waals surface area contributed by atoms with E-state index in [-0.39, 0.29) is 12.5 Å². The molecule has 0 bridgehead atoms. The number of amides is 1. The summed E-state index contributed by atoms with van der Waals surface area (Å²) in [6.45, 7) is 1.15. The molecule has 0 heterocycles.